The predicted molar refractivity (Wildman–Crippen MR) is 72.9 cm³/mol. The number of hydrogen-bond acceptors (Lipinski definition) is 3. The van der Waals surface area contributed by atoms with Crippen LogP contribution in [0.1, 0.15) is 23.2 Å². The molecule has 2 aliphatic rings. The molecule has 1 aromatic rings. The Labute approximate surface area is 111 Å². The Hall–Kier alpha value is -2.10. The molecule has 1 saturated carbocycles. The van der Waals surface area contributed by atoms with Crippen molar-refractivity contribution in [3.05, 3.63) is 42.0 Å². The van der Waals surface area contributed by atoms with Crippen LogP contribution in [0.5, 0.6) is 5.75 Å². The van der Waals surface area contributed by atoms with Crippen LogP contribution in [0.3, 0.4) is 0 Å². The van der Waals surface area contributed by atoms with Crippen LogP contribution < -0.4 is 5.43 Å². The van der Waals surface area contributed by atoms with Crippen molar-refractivity contribution in [1.29, 1.82) is 0 Å². The molecule has 98 valence electrons. The number of phenolic OH excluding ortho intramolecular Hbond substituents is 1. The van der Waals surface area contributed by atoms with Crippen molar-refractivity contribution >= 4 is 12.1 Å². The number of nitrogens with one attached hydrogen (secondary N) is 1. The molecule has 0 saturated heterocycles. The number of hydrazone groups is 1. The highest BCUT2D eigenvalue weighted by Gasteiger charge is 2.34. The summed E-state index contributed by atoms with van der Waals surface area (Å²) in [6.07, 6.45) is 8.76. The minimum atomic E-state index is -0.255. The lowest BCUT2D eigenvalue weighted by Gasteiger charge is -2.11. The molecule has 3 atom stereocenters. The van der Waals surface area contributed by atoms with Gasteiger partial charge in [0.05, 0.1) is 0 Å². The van der Waals surface area contributed by atoms with Crippen molar-refractivity contribution < 1.29 is 9.90 Å². The molecule has 3 rings (SSSR count). The molecule has 4 nitrogen and oxygen atoms in total. The smallest absolute Gasteiger partial charge is 0.271 e. The lowest BCUT2D eigenvalue weighted by atomic mass is 9.95. The Morgan fingerprint density at radius 2 is 2.05 bits per heavy atom. The molecule has 1 fully saturated rings. The number of hydrogen-bond donors (Lipinski definition) is 2. The molecular weight excluding hydrogens is 240 g/mol. The first-order chi connectivity index (χ1) is 9.22. The maximum absolute atomic E-state index is 11.8. The second-order valence-electron chi connectivity index (χ2n) is 5.21. The number of amides is 1. The fourth-order valence-electron chi connectivity index (χ4n) is 2.86. The van der Waals surface area contributed by atoms with E-state index < -0.39 is 0 Å². The van der Waals surface area contributed by atoms with Gasteiger partial charge in [0.25, 0.3) is 5.91 Å². The van der Waals surface area contributed by atoms with Gasteiger partial charge in [0.1, 0.15) is 5.75 Å². The lowest BCUT2D eigenvalue weighted by molar-refractivity contribution is 0.0955. The summed E-state index contributed by atoms with van der Waals surface area (Å²) in [7, 11) is 0. The van der Waals surface area contributed by atoms with E-state index in [1.807, 2.05) is 6.21 Å². The molecule has 4 heteroatoms. The molecule has 1 amide bonds. The van der Waals surface area contributed by atoms with Gasteiger partial charge in [-0.15, -0.1) is 0 Å². The van der Waals surface area contributed by atoms with Crippen LogP contribution in [0, 0.1) is 17.8 Å². The topological polar surface area (TPSA) is 61.7 Å². The second-order valence-corrected chi connectivity index (χ2v) is 5.21. The predicted octanol–water partition coefficient (Wildman–Crippen LogP) is 2.32. The van der Waals surface area contributed by atoms with E-state index in [1.54, 1.807) is 12.1 Å². The molecule has 2 aliphatic carbocycles. The summed E-state index contributed by atoms with van der Waals surface area (Å²) >= 11 is 0. The highest BCUT2D eigenvalue weighted by atomic mass is 16.3. The van der Waals surface area contributed by atoms with Crippen molar-refractivity contribution in [2.45, 2.75) is 12.8 Å². The monoisotopic (exact) mass is 256 g/mol. The minimum Gasteiger partial charge on any atom is -0.508 e. The zero-order valence-corrected chi connectivity index (χ0v) is 10.5. The normalized spacial score (nSPS) is 28.1. The van der Waals surface area contributed by atoms with Gasteiger partial charge < -0.3 is 5.11 Å². The number of rotatable bonds is 3. The van der Waals surface area contributed by atoms with Crippen LogP contribution >= 0.6 is 0 Å². The van der Waals surface area contributed by atoms with Crippen LogP contribution in [0.25, 0.3) is 0 Å². The zero-order chi connectivity index (χ0) is 13.2. The minimum absolute atomic E-state index is 0.147. The van der Waals surface area contributed by atoms with E-state index in [4.69, 9.17) is 5.11 Å². The average molecular weight is 256 g/mol. The molecule has 0 aromatic heterocycles. The first kappa shape index (κ1) is 12.0. The summed E-state index contributed by atoms with van der Waals surface area (Å²) in [5.74, 6) is 1.65. The van der Waals surface area contributed by atoms with Gasteiger partial charge in [-0.3, -0.25) is 4.79 Å². The van der Waals surface area contributed by atoms with Crippen molar-refractivity contribution in [3.8, 4) is 5.75 Å². The largest absolute Gasteiger partial charge is 0.508 e. The van der Waals surface area contributed by atoms with E-state index in [-0.39, 0.29) is 11.7 Å². The number of carbonyl (C=O) groups is 1. The Balaban J connectivity index is 1.56. The maximum Gasteiger partial charge on any atom is 0.271 e. The van der Waals surface area contributed by atoms with E-state index in [0.717, 1.165) is 6.42 Å². The fraction of sp³-hybridized carbons (Fsp3) is 0.333. The molecular formula is C15H16N2O2. The second kappa shape index (κ2) is 4.88. The van der Waals surface area contributed by atoms with E-state index in [2.05, 4.69) is 22.7 Å². The van der Waals surface area contributed by atoms with Gasteiger partial charge in [0.15, 0.2) is 0 Å². The van der Waals surface area contributed by atoms with E-state index in [9.17, 15) is 4.79 Å². The highest BCUT2D eigenvalue weighted by molar-refractivity contribution is 5.94. The van der Waals surface area contributed by atoms with Gasteiger partial charge in [-0.1, -0.05) is 12.2 Å². The van der Waals surface area contributed by atoms with Gasteiger partial charge in [-0.25, -0.2) is 5.43 Å². The number of carbonyl (C=O) groups excluding carboxylic acids is 1. The van der Waals surface area contributed by atoms with Crippen LogP contribution in [-0.2, 0) is 0 Å². The average Bonchev–Trinajstić information content (AvgIpc) is 3.02. The van der Waals surface area contributed by atoms with Crippen LogP contribution in [0.15, 0.2) is 41.5 Å². The summed E-state index contributed by atoms with van der Waals surface area (Å²) in [5.41, 5.74) is 3.02. The number of phenols is 1. The van der Waals surface area contributed by atoms with Gasteiger partial charge in [0.2, 0.25) is 0 Å². The van der Waals surface area contributed by atoms with Gasteiger partial charge in [-0.2, -0.15) is 5.10 Å². The number of aromatic hydroxyl groups is 1. The molecule has 0 aliphatic heterocycles. The summed E-state index contributed by atoms with van der Waals surface area (Å²) in [6.45, 7) is 0. The van der Waals surface area contributed by atoms with Gasteiger partial charge in [0, 0.05) is 17.7 Å². The first-order valence-electron chi connectivity index (χ1n) is 6.53. The molecule has 2 bridgehead atoms. The summed E-state index contributed by atoms with van der Waals surface area (Å²) in [6, 6.07) is 6.11. The van der Waals surface area contributed by atoms with Crippen molar-refractivity contribution in [3.63, 3.8) is 0 Å². The lowest BCUT2D eigenvalue weighted by Crippen LogP contribution is -2.19. The standard InChI is InChI=1S/C15H16N2O2/c18-14-5-3-11(4-6-14)15(19)17-16-9-13-8-10-1-2-12(13)7-10/h1-6,9-10,12-13,18H,7-8H2,(H,17,19)/b16-9-/t10-,12+,13-/m1/s1. The van der Waals surface area contributed by atoms with Gasteiger partial charge in [-0.05, 0) is 48.9 Å². The number of fused-ring (bicyclic) bond motifs is 2. The third-order valence-corrected chi connectivity index (χ3v) is 3.89. The molecule has 19 heavy (non-hydrogen) atoms. The Bertz CT molecular complexity index is 534. The molecule has 1 aromatic carbocycles. The van der Waals surface area contributed by atoms with Crippen LogP contribution in [0.4, 0.5) is 0 Å². The van der Waals surface area contributed by atoms with E-state index in [1.165, 1.54) is 18.6 Å². The third-order valence-electron chi connectivity index (χ3n) is 3.89. The zero-order valence-electron chi connectivity index (χ0n) is 10.5. The summed E-state index contributed by atoms with van der Waals surface area (Å²) in [5, 5.41) is 13.2. The quantitative estimate of drug-likeness (QED) is 0.495. The summed E-state index contributed by atoms with van der Waals surface area (Å²) in [4.78, 5) is 11.8. The van der Waals surface area contributed by atoms with Crippen molar-refractivity contribution in [2.24, 2.45) is 22.9 Å². The van der Waals surface area contributed by atoms with Crippen LogP contribution in [-0.4, -0.2) is 17.2 Å². The molecule has 2 N–H and O–H groups in total. The number of nitrogens with zero attached hydrogens (tertiary/aromatic N) is 1. The number of allylic oxidation sites excluding steroid dienone is 2. The molecule has 0 heterocycles. The molecule has 0 radical (unpaired) electrons. The Morgan fingerprint density at radius 3 is 2.68 bits per heavy atom. The van der Waals surface area contributed by atoms with Crippen molar-refractivity contribution in [2.75, 3.05) is 0 Å². The highest BCUT2D eigenvalue weighted by Crippen LogP contribution is 2.42. The van der Waals surface area contributed by atoms with Crippen molar-refractivity contribution in [1.82, 2.24) is 5.43 Å². The van der Waals surface area contributed by atoms with E-state index in [0.29, 0.717) is 23.3 Å². The Morgan fingerprint density at radius 1 is 1.26 bits per heavy atom. The first-order valence-corrected chi connectivity index (χ1v) is 6.53. The SMILES string of the molecule is O=C(N/N=C\[C@H]1C[C@@H]2C=C[C@H]1C2)c1ccc(O)cc1. The molecule has 0 unspecified atom stereocenters. The van der Waals surface area contributed by atoms with Gasteiger partial charge >= 0.3 is 0 Å². The summed E-state index contributed by atoms with van der Waals surface area (Å²) < 4.78 is 0. The van der Waals surface area contributed by atoms with Crippen LogP contribution in [0.2, 0.25) is 0 Å². The Kier molecular flexibility index (Phi) is 3.07. The maximum atomic E-state index is 11.8. The van der Waals surface area contributed by atoms with E-state index >= 15 is 0 Å². The number of benzene rings is 1. The third kappa shape index (κ3) is 2.52. The fourth-order valence-corrected chi connectivity index (χ4v) is 2.86. The molecule has 0 spiro atoms.